The molecule has 1 heterocycles. The molecule has 0 aliphatic heterocycles. The first-order valence-corrected chi connectivity index (χ1v) is 3.73. The number of nitrogens with two attached hydrogens (primary N) is 1. The monoisotopic (exact) mass is 170 g/mol. The number of alkyl halides is 1. The highest BCUT2D eigenvalue weighted by molar-refractivity contribution is 5.40. The Hall–Kier alpha value is -1.19. The Morgan fingerprint density at radius 2 is 2.08 bits per heavy atom. The summed E-state index contributed by atoms with van der Waals surface area (Å²) in [6, 6.07) is 2.46. The van der Waals surface area contributed by atoms with Crippen LogP contribution in [0.25, 0.3) is 0 Å². The Labute approximate surface area is 68.4 Å². The van der Waals surface area contributed by atoms with Gasteiger partial charge < -0.3 is 5.73 Å². The lowest BCUT2D eigenvalue weighted by atomic mass is 10.2. The molecule has 64 valence electrons. The van der Waals surface area contributed by atoms with Crippen LogP contribution >= 0.6 is 0 Å². The highest BCUT2D eigenvalue weighted by Gasteiger charge is 2.46. The maximum absolute atomic E-state index is 13.3. The molecule has 2 rings (SSSR count). The van der Waals surface area contributed by atoms with Gasteiger partial charge in [0.25, 0.3) is 0 Å². The van der Waals surface area contributed by atoms with E-state index in [4.69, 9.17) is 5.73 Å². The van der Waals surface area contributed by atoms with Crippen molar-refractivity contribution in [2.24, 2.45) is 0 Å². The Morgan fingerprint density at radius 1 is 1.42 bits per heavy atom. The molecule has 0 spiro atoms. The molecule has 12 heavy (non-hydrogen) atoms. The number of rotatable bonds is 1. The summed E-state index contributed by atoms with van der Waals surface area (Å²) < 4.78 is 25.9. The van der Waals surface area contributed by atoms with Crippen LogP contribution in [0.4, 0.5) is 14.5 Å². The van der Waals surface area contributed by atoms with E-state index in [0.29, 0.717) is 12.8 Å². The number of halogens is 2. The molecule has 0 amide bonds. The number of anilines is 1. The smallest absolute Gasteiger partial charge is 0.215 e. The van der Waals surface area contributed by atoms with Crippen LogP contribution < -0.4 is 5.73 Å². The number of nitrogen functional groups attached to an aromatic ring is 1. The Balaban J connectivity index is 2.44. The Bertz CT molecular complexity index is 301. The van der Waals surface area contributed by atoms with Crippen LogP contribution in [-0.4, -0.2) is 4.98 Å². The van der Waals surface area contributed by atoms with Crippen molar-refractivity contribution in [3.8, 4) is 0 Å². The van der Waals surface area contributed by atoms with E-state index in [0.717, 1.165) is 6.07 Å². The second-order valence-corrected chi connectivity index (χ2v) is 3.07. The molecule has 0 unspecified atom stereocenters. The molecule has 0 saturated heterocycles. The van der Waals surface area contributed by atoms with Crippen LogP contribution in [0.1, 0.15) is 18.5 Å². The summed E-state index contributed by atoms with van der Waals surface area (Å²) >= 11 is 0. The van der Waals surface area contributed by atoms with Crippen molar-refractivity contribution in [1.82, 2.24) is 4.98 Å². The van der Waals surface area contributed by atoms with E-state index in [1.54, 1.807) is 0 Å². The molecule has 1 aliphatic rings. The third-order valence-electron chi connectivity index (χ3n) is 1.96. The summed E-state index contributed by atoms with van der Waals surface area (Å²) in [7, 11) is 0. The highest BCUT2D eigenvalue weighted by atomic mass is 19.1. The van der Waals surface area contributed by atoms with Gasteiger partial charge in [0, 0.05) is 11.8 Å². The molecule has 2 N–H and O–H groups in total. The minimum atomic E-state index is -1.41. The van der Waals surface area contributed by atoms with Crippen LogP contribution in [0.3, 0.4) is 0 Å². The summed E-state index contributed by atoms with van der Waals surface area (Å²) in [5.41, 5.74) is 4.28. The molecule has 2 nitrogen and oxygen atoms in total. The van der Waals surface area contributed by atoms with Gasteiger partial charge in [-0.3, -0.25) is 0 Å². The predicted molar refractivity (Wildman–Crippen MR) is 40.6 cm³/mol. The van der Waals surface area contributed by atoms with Crippen molar-refractivity contribution < 1.29 is 8.78 Å². The number of nitrogens with zero attached hydrogens (tertiary/aromatic N) is 1. The van der Waals surface area contributed by atoms with Gasteiger partial charge in [-0.1, -0.05) is 0 Å². The second-order valence-electron chi connectivity index (χ2n) is 3.07. The predicted octanol–water partition coefficient (Wildman–Crippen LogP) is 1.76. The molecular formula is C8H8F2N2. The number of pyridine rings is 1. The molecule has 1 aliphatic carbocycles. The first-order chi connectivity index (χ1) is 5.60. The van der Waals surface area contributed by atoms with Crippen LogP contribution in [0, 0.1) is 5.95 Å². The first-order valence-electron chi connectivity index (χ1n) is 3.73. The average Bonchev–Trinajstić information content (AvgIpc) is 2.67. The van der Waals surface area contributed by atoms with E-state index >= 15 is 0 Å². The summed E-state index contributed by atoms with van der Waals surface area (Å²) in [4.78, 5) is 3.45. The largest absolute Gasteiger partial charge is 0.399 e. The van der Waals surface area contributed by atoms with Crippen molar-refractivity contribution in [3.05, 3.63) is 23.8 Å². The molecule has 0 aromatic carbocycles. The van der Waals surface area contributed by atoms with Crippen molar-refractivity contribution >= 4 is 5.69 Å². The summed E-state index contributed by atoms with van der Waals surface area (Å²) in [5.74, 6) is -0.714. The van der Waals surface area contributed by atoms with Crippen LogP contribution in [-0.2, 0) is 5.67 Å². The first kappa shape index (κ1) is 7.46. The molecule has 0 radical (unpaired) electrons. The molecule has 1 aromatic rings. The molecule has 1 saturated carbocycles. The zero-order valence-electron chi connectivity index (χ0n) is 6.35. The van der Waals surface area contributed by atoms with Crippen LogP contribution in [0.5, 0.6) is 0 Å². The van der Waals surface area contributed by atoms with Gasteiger partial charge in [0.05, 0.1) is 5.69 Å². The van der Waals surface area contributed by atoms with Gasteiger partial charge >= 0.3 is 0 Å². The second kappa shape index (κ2) is 2.15. The third kappa shape index (κ3) is 1.13. The van der Waals surface area contributed by atoms with E-state index in [1.807, 2.05) is 0 Å². The van der Waals surface area contributed by atoms with E-state index in [1.165, 1.54) is 6.07 Å². The zero-order chi connectivity index (χ0) is 8.77. The van der Waals surface area contributed by atoms with Gasteiger partial charge in [-0.15, -0.1) is 0 Å². The average molecular weight is 170 g/mol. The molecule has 4 heteroatoms. The van der Waals surface area contributed by atoms with E-state index in [-0.39, 0.29) is 11.4 Å². The fourth-order valence-corrected chi connectivity index (χ4v) is 1.11. The van der Waals surface area contributed by atoms with Gasteiger partial charge in [0.15, 0.2) is 5.67 Å². The molecule has 1 fully saturated rings. The van der Waals surface area contributed by atoms with Gasteiger partial charge in [-0.25, -0.2) is 9.37 Å². The van der Waals surface area contributed by atoms with E-state index in [2.05, 4.69) is 4.98 Å². The summed E-state index contributed by atoms with van der Waals surface area (Å²) in [6.07, 6.45) is 0.839. The quantitative estimate of drug-likeness (QED) is 0.652. The molecule has 1 aromatic heterocycles. The SMILES string of the molecule is Nc1cc(F)nc(C2(F)CC2)c1. The Kier molecular flexibility index (Phi) is 1.34. The lowest BCUT2D eigenvalue weighted by Crippen LogP contribution is -2.04. The summed E-state index contributed by atoms with van der Waals surface area (Å²) in [5, 5.41) is 0. The maximum Gasteiger partial charge on any atom is 0.215 e. The standard InChI is InChI=1S/C8H8F2N2/c9-7-4-5(11)3-6(12-7)8(10)1-2-8/h3-4H,1-2H2,(H2,11,12). The maximum atomic E-state index is 13.3. The number of hydrogen-bond acceptors (Lipinski definition) is 2. The minimum Gasteiger partial charge on any atom is -0.399 e. The fourth-order valence-electron chi connectivity index (χ4n) is 1.11. The number of aromatic nitrogens is 1. The minimum absolute atomic E-state index is 0.125. The van der Waals surface area contributed by atoms with E-state index < -0.39 is 11.6 Å². The van der Waals surface area contributed by atoms with Crippen molar-refractivity contribution in [3.63, 3.8) is 0 Å². The Morgan fingerprint density at radius 3 is 2.58 bits per heavy atom. The molecular weight excluding hydrogens is 162 g/mol. The fraction of sp³-hybridized carbons (Fsp3) is 0.375. The number of hydrogen-bond donors (Lipinski definition) is 1. The van der Waals surface area contributed by atoms with Gasteiger partial charge in [-0.05, 0) is 18.9 Å². The topological polar surface area (TPSA) is 38.9 Å². The molecule has 0 bridgehead atoms. The van der Waals surface area contributed by atoms with Crippen molar-refractivity contribution in [2.75, 3.05) is 5.73 Å². The van der Waals surface area contributed by atoms with Crippen molar-refractivity contribution in [2.45, 2.75) is 18.5 Å². The normalized spacial score (nSPS) is 19.2. The molecule has 0 atom stereocenters. The van der Waals surface area contributed by atoms with Gasteiger partial charge in [0.2, 0.25) is 5.95 Å². The highest BCUT2D eigenvalue weighted by Crippen LogP contribution is 2.48. The van der Waals surface area contributed by atoms with Crippen molar-refractivity contribution in [1.29, 1.82) is 0 Å². The zero-order valence-corrected chi connectivity index (χ0v) is 6.35. The van der Waals surface area contributed by atoms with Crippen LogP contribution in [0.2, 0.25) is 0 Å². The third-order valence-corrected chi connectivity index (χ3v) is 1.96. The van der Waals surface area contributed by atoms with Gasteiger partial charge in [-0.2, -0.15) is 4.39 Å². The lowest BCUT2D eigenvalue weighted by molar-refractivity contribution is 0.306. The van der Waals surface area contributed by atoms with Gasteiger partial charge in [0.1, 0.15) is 0 Å². The summed E-state index contributed by atoms with van der Waals surface area (Å²) in [6.45, 7) is 0. The lowest BCUT2D eigenvalue weighted by Gasteiger charge is -2.04. The van der Waals surface area contributed by atoms with Crippen LogP contribution in [0.15, 0.2) is 12.1 Å². The van der Waals surface area contributed by atoms with E-state index in [9.17, 15) is 8.78 Å².